The third-order valence-electron chi connectivity index (χ3n) is 20.4. The standard InChI is InChI=1S/C50H70N4O5.C4H8.C2H6/c1-30-35(45(55)56)27-36(30)46(57)59-42-20-23-48(3)37(31(42)2)18-22-49(4)38-19-24-50(21-8-14-39(50)34(38)16-17-43(48)49)47(58)54-26-9-13-33(54)29-53-25-10-15-41(53)44-51-28-40(52-44)32-11-6-5-7-12-32;1-4-2-3-4;1-2/h5-7,11-12,28,30-31,33-39,41-43H,8-10,13-27,29H2,1-4H3,(H,51,52)(H,55,56);4H,2-3H2,1H3;1-2H3. The second-order valence-electron chi connectivity index (χ2n) is 23.4. The molecule has 0 bridgehead atoms. The van der Waals surface area contributed by atoms with Crippen molar-refractivity contribution >= 4 is 17.8 Å². The van der Waals surface area contributed by atoms with E-state index < -0.39 is 11.9 Å². The summed E-state index contributed by atoms with van der Waals surface area (Å²) in [4.78, 5) is 53.7. The maximum Gasteiger partial charge on any atom is 0.309 e. The number of amides is 1. The van der Waals surface area contributed by atoms with Gasteiger partial charge in [0.2, 0.25) is 5.91 Å². The predicted molar refractivity (Wildman–Crippen MR) is 256 cm³/mol. The van der Waals surface area contributed by atoms with Gasteiger partial charge >= 0.3 is 11.9 Å². The summed E-state index contributed by atoms with van der Waals surface area (Å²) in [5.41, 5.74) is 2.59. The van der Waals surface area contributed by atoms with Crippen molar-refractivity contribution in [1.29, 1.82) is 0 Å². The molecule has 9 nitrogen and oxygen atoms in total. The van der Waals surface area contributed by atoms with Gasteiger partial charge in [-0.1, -0.05) is 98.1 Å². The van der Waals surface area contributed by atoms with Crippen LogP contribution in [0.2, 0.25) is 0 Å². The number of H-pyrrole nitrogens is 1. The van der Waals surface area contributed by atoms with E-state index in [9.17, 15) is 14.7 Å². The number of carbonyl (C=O) groups excluding carboxylic acids is 2. The Balaban J connectivity index is 0.000000833. The fourth-order valence-corrected chi connectivity index (χ4v) is 16.6. The Morgan fingerprint density at radius 3 is 2.20 bits per heavy atom. The first-order chi connectivity index (χ1) is 31.3. The molecule has 11 rings (SSSR count). The normalized spacial score (nSPS) is 41.8. The van der Waals surface area contributed by atoms with E-state index in [-0.39, 0.29) is 46.2 Å². The van der Waals surface area contributed by atoms with Crippen molar-refractivity contribution in [2.75, 3.05) is 19.6 Å². The van der Waals surface area contributed by atoms with E-state index in [1.54, 1.807) is 0 Å². The quantitative estimate of drug-likeness (QED) is 0.254. The Bertz CT molecular complexity index is 2000. The number of carboxylic acids is 1. The second-order valence-corrected chi connectivity index (χ2v) is 23.4. The molecule has 65 heavy (non-hydrogen) atoms. The zero-order chi connectivity index (χ0) is 45.8. The average Bonchev–Trinajstić information content (AvgIpc) is 3.81. The summed E-state index contributed by atoms with van der Waals surface area (Å²) in [5, 5.41) is 9.48. The zero-order valence-electron chi connectivity index (χ0n) is 41.2. The number of ether oxygens (including phenoxy) is 1. The highest BCUT2D eigenvalue weighted by Gasteiger charge is 2.66. The smallest absolute Gasteiger partial charge is 0.309 e. The molecule has 2 aromatic rings. The number of nitrogens with one attached hydrogen (secondary N) is 1. The third-order valence-corrected chi connectivity index (χ3v) is 20.4. The molecule has 1 aromatic heterocycles. The molecule has 15 unspecified atom stereocenters. The van der Waals surface area contributed by atoms with Gasteiger partial charge in [-0.3, -0.25) is 19.3 Å². The molecule has 1 amide bonds. The number of likely N-dealkylation sites (tertiary alicyclic amines) is 2. The van der Waals surface area contributed by atoms with Crippen molar-refractivity contribution in [1.82, 2.24) is 19.8 Å². The van der Waals surface area contributed by atoms with Crippen LogP contribution in [0, 0.1) is 75.4 Å². The number of carbonyl (C=O) groups is 3. The lowest BCUT2D eigenvalue weighted by Gasteiger charge is -2.67. The molecular formula is C56H84N4O5. The Labute approximate surface area is 391 Å². The average molecular weight is 893 g/mol. The molecule has 9 fully saturated rings. The van der Waals surface area contributed by atoms with Gasteiger partial charge < -0.3 is 19.7 Å². The third kappa shape index (κ3) is 8.34. The molecule has 2 N–H and O–H groups in total. The van der Waals surface area contributed by atoms with E-state index in [0.29, 0.717) is 53.9 Å². The Hall–Kier alpha value is -3.20. The van der Waals surface area contributed by atoms with Gasteiger partial charge in [-0.2, -0.15) is 0 Å². The van der Waals surface area contributed by atoms with Gasteiger partial charge in [0.25, 0.3) is 0 Å². The minimum absolute atomic E-state index is 0.0689. The molecular weight excluding hydrogens is 809 g/mol. The first-order valence-corrected chi connectivity index (χ1v) is 26.9. The predicted octanol–water partition coefficient (Wildman–Crippen LogP) is 12.0. The summed E-state index contributed by atoms with van der Waals surface area (Å²) >= 11 is 0. The van der Waals surface area contributed by atoms with Crippen LogP contribution in [0.25, 0.3) is 11.3 Å². The monoisotopic (exact) mass is 893 g/mol. The lowest BCUT2D eigenvalue weighted by atomic mass is 9.37. The van der Waals surface area contributed by atoms with E-state index in [2.05, 4.69) is 72.8 Å². The van der Waals surface area contributed by atoms with Crippen LogP contribution in [-0.2, 0) is 19.1 Å². The fraction of sp³-hybridized carbons (Fsp3) is 0.786. The molecule has 3 heterocycles. The summed E-state index contributed by atoms with van der Waals surface area (Å²) in [6.45, 7) is 18.7. The summed E-state index contributed by atoms with van der Waals surface area (Å²) in [7, 11) is 0. The number of esters is 1. The van der Waals surface area contributed by atoms with Crippen LogP contribution in [0.3, 0.4) is 0 Å². The molecule has 0 radical (unpaired) electrons. The molecule has 7 aliphatic carbocycles. The lowest BCUT2D eigenvalue weighted by molar-refractivity contribution is -0.206. The van der Waals surface area contributed by atoms with E-state index in [0.717, 1.165) is 82.0 Å². The lowest BCUT2D eigenvalue weighted by Crippen LogP contribution is -2.62. The van der Waals surface area contributed by atoms with E-state index >= 15 is 4.79 Å². The summed E-state index contributed by atoms with van der Waals surface area (Å²) < 4.78 is 6.28. The van der Waals surface area contributed by atoms with Crippen molar-refractivity contribution in [3.63, 3.8) is 0 Å². The van der Waals surface area contributed by atoms with Gasteiger partial charge in [0.1, 0.15) is 11.9 Å². The minimum Gasteiger partial charge on any atom is -0.481 e. The fourth-order valence-electron chi connectivity index (χ4n) is 16.6. The number of imidazole rings is 1. The van der Waals surface area contributed by atoms with Crippen LogP contribution in [0.5, 0.6) is 0 Å². The van der Waals surface area contributed by atoms with Crippen LogP contribution in [0.4, 0.5) is 0 Å². The topological polar surface area (TPSA) is 116 Å². The van der Waals surface area contributed by atoms with E-state index in [4.69, 9.17) is 9.72 Å². The molecule has 9 aliphatic rings. The van der Waals surface area contributed by atoms with Gasteiger partial charge in [-0.05, 0) is 167 Å². The van der Waals surface area contributed by atoms with Gasteiger partial charge in [0.05, 0.1) is 35.2 Å². The first kappa shape index (κ1) is 46.9. The van der Waals surface area contributed by atoms with Crippen molar-refractivity contribution < 1.29 is 24.2 Å². The maximum atomic E-state index is 15.3. The molecule has 0 spiro atoms. The second kappa shape index (κ2) is 18.7. The summed E-state index contributed by atoms with van der Waals surface area (Å²) in [5.74, 6) is 4.20. The van der Waals surface area contributed by atoms with E-state index in [1.165, 1.54) is 69.8 Å². The highest BCUT2D eigenvalue weighted by Crippen LogP contribution is 2.72. The number of aromatic amines is 1. The van der Waals surface area contributed by atoms with Gasteiger partial charge in [-0.25, -0.2) is 4.98 Å². The summed E-state index contributed by atoms with van der Waals surface area (Å²) in [6.07, 6.45) is 22.6. The van der Waals surface area contributed by atoms with Crippen LogP contribution < -0.4 is 0 Å². The largest absolute Gasteiger partial charge is 0.481 e. The number of benzene rings is 1. The molecule has 2 aliphatic heterocycles. The van der Waals surface area contributed by atoms with Crippen molar-refractivity contribution in [2.45, 2.75) is 182 Å². The Kier molecular flexibility index (Phi) is 13.5. The Morgan fingerprint density at radius 2 is 1.48 bits per heavy atom. The maximum absolute atomic E-state index is 15.3. The number of nitrogens with zero attached hydrogens (tertiary/aromatic N) is 3. The number of aliphatic carboxylic acids is 1. The molecule has 9 heteroatoms. The van der Waals surface area contributed by atoms with E-state index in [1.807, 2.05) is 27.0 Å². The number of hydrogen-bond donors (Lipinski definition) is 2. The number of carboxylic acid groups (broad SMARTS) is 1. The molecule has 358 valence electrons. The Morgan fingerprint density at radius 1 is 0.769 bits per heavy atom. The molecule has 7 saturated carbocycles. The zero-order valence-corrected chi connectivity index (χ0v) is 41.2. The molecule has 15 atom stereocenters. The number of hydrogen-bond acceptors (Lipinski definition) is 6. The van der Waals surface area contributed by atoms with Gasteiger partial charge in [0, 0.05) is 19.1 Å². The number of aromatic nitrogens is 2. The van der Waals surface area contributed by atoms with Crippen molar-refractivity contribution in [3.8, 4) is 11.3 Å². The van der Waals surface area contributed by atoms with Gasteiger partial charge in [0.15, 0.2) is 0 Å². The number of fused-ring (bicyclic) bond motifs is 7. The highest BCUT2D eigenvalue weighted by atomic mass is 16.5. The number of rotatable bonds is 8. The van der Waals surface area contributed by atoms with Crippen LogP contribution in [-0.4, -0.2) is 74.5 Å². The van der Waals surface area contributed by atoms with Gasteiger partial charge in [-0.15, -0.1) is 0 Å². The first-order valence-electron chi connectivity index (χ1n) is 26.9. The molecule has 1 aromatic carbocycles. The van der Waals surface area contributed by atoms with Crippen molar-refractivity contribution in [3.05, 3.63) is 42.4 Å². The molecule has 2 saturated heterocycles. The highest BCUT2D eigenvalue weighted by molar-refractivity contribution is 5.84. The van der Waals surface area contributed by atoms with Crippen LogP contribution in [0.1, 0.15) is 176 Å². The minimum atomic E-state index is -0.793. The van der Waals surface area contributed by atoms with Crippen LogP contribution in [0.15, 0.2) is 36.5 Å². The summed E-state index contributed by atoms with van der Waals surface area (Å²) in [6, 6.07) is 11.1. The SMILES string of the molecule is CC.CC1C(C(=O)O)CC1C(=O)OC1CCC2(C)C(CCC3(C)C4CCC5(C(=O)N6CCCC6CN6CCCC6c6ncc(-c7ccccc7)[nH]6)CCCC5C4CCC23)C1C.CC1CC1. The van der Waals surface area contributed by atoms with Crippen molar-refractivity contribution in [2.24, 2.45) is 75.4 Å². The van der Waals surface area contributed by atoms with Crippen LogP contribution >= 0.6 is 0 Å².